The molecule has 5 atom stereocenters. The molecule has 0 saturated heterocycles. The molecule has 0 amide bonds. The standard InChI is InChI=1S/C15H22O2/c1-8-7-9(16)12-13-11(8)15(12,4)10(17)5-6-14(13,2)3/h7,10-13,17H,5-6H2,1-4H3/t10-,11-,12+,13-,15+/m1/s1. The van der Waals surface area contributed by atoms with Crippen LogP contribution in [0.1, 0.15) is 40.5 Å². The average molecular weight is 234 g/mol. The van der Waals surface area contributed by atoms with Crippen LogP contribution in [0.2, 0.25) is 0 Å². The minimum atomic E-state index is -0.317. The Morgan fingerprint density at radius 2 is 1.94 bits per heavy atom. The SMILES string of the molecule is CC1=CC(=O)[C@H]2[C@H]3[C@@H]1[C@]2(C)[C@H](O)CCC3(C)C. The van der Waals surface area contributed by atoms with Crippen LogP contribution < -0.4 is 0 Å². The van der Waals surface area contributed by atoms with Gasteiger partial charge < -0.3 is 5.11 Å². The van der Waals surface area contributed by atoms with Crippen molar-refractivity contribution in [2.75, 3.05) is 0 Å². The maximum Gasteiger partial charge on any atom is 0.159 e. The van der Waals surface area contributed by atoms with Crippen molar-refractivity contribution in [2.24, 2.45) is 28.6 Å². The van der Waals surface area contributed by atoms with Crippen LogP contribution in [0.3, 0.4) is 0 Å². The Labute approximate surface area is 103 Å². The van der Waals surface area contributed by atoms with E-state index in [4.69, 9.17) is 0 Å². The zero-order valence-corrected chi connectivity index (χ0v) is 11.2. The molecule has 2 nitrogen and oxygen atoms in total. The molecule has 0 spiro atoms. The van der Waals surface area contributed by atoms with Crippen molar-refractivity contribution in [3.05, 3.63) is 11.6 Å². The Kier molecular flexibility index (Phi) is 2.04. The topological polar surface area (TPSA) is 37.3 Å². The van der Waals surface area contributed by atoms with Crippen molar-refractivity contribution in [1.29, 1.82) is 0 Å². The van der Waals surface area contributed by atoms with Crippen molar-refractivity contribution >= 4 is 5.78 Å². The summed E-state index contributed by atoms with van der Waals surface area (Å²) in [6, 6.07) is 0. The molecule has 2 heteroatoms. The molecular formula is C15H22O2. The largest absolute Gasteiger partial charge is 0.393 e. The van der Waals surface area contributed by atoms with Gasteiger partial charge in [-0.1, -0.05) is 26.3 Å². The molecule has 0 aromatic rings. The van der Waals surface area contributed by atoms with Crippen molar-refractivity contribution in [3.8, 4) is 0 Å². The fourth-order valence-corrected chi connectivity index (χ4v) is 5.01. The van der Waals surface area contributed by atoms with E-state index in [0.29, 0.717) is 11.8 Å². The first kappa shape index (κ1) is 11.5. The molecule has 94 valence electrons. The van der Waals surface area contributed by atoms with Crippen LogP contribution in [-0.2, 0) is 4.79 Å². The predicted molar refractivity (Wildman–Crippen MR) is 66.4 cm³/mol. The summed E-state index contributed by atoms with van der Waals surface area (Å²) in [6.07, 6.45) is 3.38. The van der Waals surface area contributed by atoms with Crippen LogP contribution in [0.5, 0.6) is 0 Å². The smallest absolute Gasteiger partial charge is 0.159 e. The molecule has 17 heavy (non-hydrogen) atoms. The second kappa shape index (κ2) is 3.03. The van der Waals surface area contributed by atoms with Crippen molar-refractivity contribution in [2.45, 2.75) is 46.6 Å². The molecule has 0 aromatic carbocycles. The minimum Gasteiger partial charge on any atom is -0.393 e. The van der Waals surface area contributed by atoms with Crippen LogP contribution in [0.15, 0.2) is 11.6 Å². The molecule has 0 radical (unpaired) electrons. The molecule has 4 bridgehead atoms. The molecule has 4 aliphatic carbocycles. The average Bonchev–Trinajstić information content (AvgIpc) is 2.32. The van der Waals surface area contributed by atoms with Gasteiger partial charge in [-0.2, -0.15) is 0 Å². The van der Waals surface area contributed by atoms with Crippen LogP contribution in [0.4, 0.5) is 0 Å². The van der Waals surface area contributed by atoms with E-state index in [1.54, 1.807) is 0 Å². The lowest BCUT2D eigenvalue weighted by molar-refractivity contribution is -0.188. The van der Waals surface area contributed by atoms with Crippen molar-refractivity contribution < 1.29 is 9.90 Å². The van der Waals surface area contributed by atoms with E-state index in [9.17, 15) is 9.90 Å². The Hall–Kier alpha value is -0.630. The van der Waals surface area contributed by atoms with Gasteiger partial charge in [-0.15, -0.1) is 0 Å². The molecule has 4 aliphatic rings. The van der Waals surface area contributed by atoms with Gasteiger partial charge in [0, 0.05) is 11.3 Å². The lowest BCUT2D eigenvalue weighted by Crippen LogP contribution is -2.67. The van der Waals surface area contributed by atoms with Gasteiger partial charge in [0.15, 0.2) is 5.78 Å². The van der Waals surface area contributed by atoms with Gasteiger partial charge in [-0.05, 0) is 43.1 Å². The number of ketones is 1. The van der Waals surface area contributed by atoms with E-state index in [0.717, 1.165) is 12.8 Å². The normalized spacial score (nSPS) is 51.4. The number of carbonyl (C=O) groups is 1. The molecule has 4 rings (SSSR count). The van der Waals surface area contributed by atoms with Crippen molar-refractivity contribution in [3.63, 3.8) is 0 Å². The highest BCUT2D eigenvalue weighted by atomic mass is 16.3. The third-order valence-corrected chi connectivity index (χ3v) is 5.91. The van der Waals surface area contributed by atoms with E-state index in [2.05, 4.69) is 27.7 Å². The molecule has 2 saturated carbocycles. The van der Waals surface area contributed by atoms with E-state index in [-0.39, 0.29) is 28.6 Å². The van der Waals surface area contributed by atoms with Crippen LogP contribution in [0, 0.1) is 28.6 Å². The van der Waals surface area contributed by atoms with E-state index in [1.807, 2.05) is 6.08 Å². The number of hydrogen-bond donors (Lipinski definition) is 1. The second-order valence-corrected chi connectivity index (χ2v) is 7.18. The number of aliphatic hydroxyl groups is 1. The molecule has 1 N–H and O–H groups in total. The highest BCUT2D eigenvalue weighted by Crippen LogP contribution is 2.71. The van der Waals surface area contributed by atoms with Gasteiger partial charge in [0.1, 0.15) is 0 Å². The van der Waals surface area contributed by atoms with Gasteiger partial charge in [0.05, 0.1) is 6.10 Å². The van der Waals surface area contributed by atoms with Crippen molar-refractivity contribution in [1.82, 2.24) is 0 Å². The third kappa shape index (κ3) is 1.13. The summed E-state index contributed by atoms with van der Waals surface area (Å²) in [6.45, 7) is 8.72. The van der Waals surface area contributed by atoms with Crippen LogP contribution in [-0.4, -0.2) is 17.0 Å². The Bertz CT molecular complexity index is 421. The first-order chi connectivity index (χ1) is 7.80. The van der Waals surface area contributed by atoms with Gasteiger partial charge in [0.25, 0.3) is 0 Å². The molecule has 0 unspecified atom stereocenters. The zero-order valence-electron chi connectivity index (χ0n) is 11.2. The van der Waals surface area contributed by atoms with E-state index < -0.39 is 0 Å². The first-order valence-electron chi connectivity index (χ1n) is 6.70. The summed E-state index contributed by atoms with van der Waals surface area (Å²) in [5.41, 5.74) is 1.19. The number of carbonyl (C=O) groups excluding carboxylic acids is 1. The second-order valence-electron chi connectivity index (χ2n) is 7.18. The number of fused-ring (bicyclic) bond motifs is 1. The highest BCUT2D eigenvalue weighted by Gasteiger charge is 2.71. The Balaban J connectivity index is 2.16. The molecule has 0 aliphatic heterocycles. The van der Waals surface area contributed by atoms with Gasteiger partial charge >= 0.3 is 0 Å². The van der Waals surface area contributed by atoms with Gasteiger partial charge in [-0.3, -0.25) is 4.79 Å². The quantitative estimate of drug-likeness (QED) is 0.699. The third-order valence-electron chi connectivity index (χ3n) is 5.91. The minimum absolute atomic E-state index is 0.0590. The molecule has 0 heterocycles. The van der Waals surface area contributed by atoms with Gasteiger partial charge in [0.2, 0.25) is 0 Å². The lowest BCUT2D eigenvalue weighted by atomic mass is 9.37. The van der Waals surface area contributed by atoms with E-state index in [1.165, 1.54) is 5.57 Å². The fourth-order valence-electron chi connectivity index (χ4n) is 5.01. The monoisotopic (exact) mass is 234 g/mol. The maximum atomic E-state index is 12.3. The summed E-state index contributed by atoms with van der Waals surface area (Å²) in [5.74, 6) is 1.18. The molecular weight excluding hydrogens is 212 g/mol. The van der Waals surface area contributed by atoms with Crippen LogP contribution >= 0.6 is 0 Å². The van der Waals surface area contributed by atoms with Gasteiger partial charge in [-0.25, -0.2) is 0 Å². The zero-order chi connectivity index (χ0) is 12.6. The Morgan fingerprint density at radius 3 is 2.53 bits per heavy atom. The predicted octanol–water partition coefficient (Wildman–Crippen LogP) is 2.56. The Morgan fingerprint density at radius 1 is 1.29 bits per heavy atom. The summed E-state index contributed by atoms with van der Waals surface area (Å²) < 4.78 is 0. The number of rotatable bonds is 0. The number of aliphatic hydroxyl groups excluding tert-OH is 1. The summed E-state index contributed by atoms with van der Waals surface area (Å²) in [5, 5.41) is 10.4. The number of allylic oxidation sites excluding steroid dienone is 2. The summed E-state index contributed by atoms with van der Waals surface area (Å²) in [4.78, 5) is 12.3. The van der Waals surface area contributed by atoms with Crippen LogP contribution in [0.25, 0.3) is 0 Å². The summed E-state index contributed by atoms with van der Waals surface area (Å²) in [7, 11) is 0. The highest BCUT2D eigenvalue weighted by molar-refractivity contribution is 5.96. The fraction of sp³-hybridized carbons (Fsp3) is 0.800. The first-order valence-corrected chi connectivity index (χ1v) is 6.70. The molecule has 0 aromatic heterocycles. The lowest BCUT2D eigenvalue weighted by Gasteiger charge is -2.65. The molecule has 2 fully saturated rings. The summed E-state index contributed by atoms with van der Waals surface area (Å²) >= 11 is 0. The number of hydrogen-bond acceptors (Lipinski definition) is 2. The maximum absolute atomic E-state index is 12.3. The van der Waals surface area contributed by atoms with E-state index >= 15 is 0 Å².